The van der Waals surface area contributed by atoms with E-state index in [2.05, 4.69) is 62.1 Å². The van der Waals surface area contributed by atoms with E-state index in [4.69, 9.17) is 5.73 Å². The van der Waals surface area contributed by atoms with Gasteiger partial charge in [-0.2, -0.15) is 0 Å². The van der Waals surface area contributed by atoms with Crippen molar-refractivity contribution in [2.75, 3.05) is 47.0 Å². The van der Waals surface area contributed by atoms with Gasteiger partial charge in [0.25, 0.3) is 0 Å². The quantitative estimate of drug-likeness (QED) is 0.707. The number of anilines is 5. The standard InChI is InChI=1S/C22H27N7/c1-15-7-8-24-19(13-15)27-21-20(23)22(26-14-25-21)29-11-9-28(10-12-29)18-6-4-5-16(2)17(18)3/h4-8,13-14H,9-12,23H2,1-3H3,(H,24,25,26,27). The molecule has 0 bridgehead atoms. The van der Waals surface area contributed by atoms with Crippen molar-refractivity contribution in [2.45, 2.75) is 20.8 Å². The van der Waals surface area contributed by atoms with Gasteiger partial charge in [-0.15, -0.1) is 0 Å². The second-order valence-electron chi connectivity index (χ2n) is 7.50. The molecule has 3 heterocycles. The molecular formula is C22H27N7. The van der Waals surface area contributed by atoms with Crippen LogP contribution in [-0.4, -0.2) is 41.1 Å². The Morgan fingerprint density at radius 3 is 2.45 bits per heavy atom. The number of hydrogen-bond donors (Lipinski definition) is 2. The molecule has 0 radical (unpaired) electrons. The van der Waals surface area contributed by atoms with Crippen molar-refractivity contribution in [1.82, 2.24) is 15.0 Å². The van der Waals surface area contributed by atoms with E-state index in [1.165, 1.54) is 16.8 Å². The first kappa shape index (κ1) is 19.0. The van der Waals surface area contributed by atoms with Crippen molar-refractivity contribution >= 4 is 28.8 Å². The van der Waals surface area contributed by atoms with E-state index in [1.54, 1.807) is 12.5 Å². The number of pyridine rings is 1. The average molecular weight is 390 g/mol. The van der Waals surface area contributed by atoms with Gasteiger partial charge in [0.2, 0.25) is 0 Å². The summed E-state index contributed by atoms with van der Waals surface area (Å²) >= 11 is 0. The van der Waals surface area contributed by atoms with E-state index < -0.39 is 0 Å². The third-order valence-electron chi connectivity index (χ3n) is 5.52. The number of aromatic nitrogens is 3. The molecule has 1 aromatic carbocycles. The normalized spacial score (nSPS) is 14.2. The zero-order valence-corrected chi connectivity index (χ0v) is 17.2. The van der Waals surface area contributed by atoms with Gasteiger partial charge in [0.15, 0.2) is 11.6 Å². The van der Waals surface area contributed by atoms with Crippen molar-refractivity contribution in [3.63, 3.8) is 0 Å². The second kappa shape index (κ2) is 7.95. The Kier molecular flexibility index (Phi) is 5.20. The molecule has 4 rings (SSSR count). The molecule has 0 aliphatic carbocycles. The summed E-state index contributed by atoms with van der Waals surface area (Å²) in [5.41, 5.74) is 12.1. The molecule has 0 atom stereocenters. The summed E-state index contributed by atoms with van der Waals surface area (Å²) in [5, 5.41) is 3.22. The fourth-order valence-electron chi connectivity index (χ4n) is 3.70. The third-order valence-corrected chi connectivity index (χ3v) is 5.52. The van der Waals surface area contributed by atoms with Gasteiger partial charge in [-0.1, -0.05) is 12.1 Å². The third kappa shape index (κ3) is 3.94. The van der Waals surface area contributed by atoms with Crippen LogP contribution in [0.1, 0.15) is 16.7 Å². The van der Waals surface area contributed by atoms with Crippen LogP contribution in [0.4, 0.5) is 28.8 Å². The van der Waals surface area contributed by atoms with Gasteiger partial charge < -0.3 is 20.9 Å². The van der Waals surface area contributed by atoms with Crippen LogP contribution in [0.15, 0.2) is 42.9 Å². The van der Waals surface area contributed by atoms with Gasteiger partial charge >= 0.3 is 0 Å². The van der Waals surface area contributed by atoms with Crippen LogP contribution in [0.25, 0.3) is 0 Å². The Morgan fingerprint density at radius 1 is 0.931 bits per heavy atom. The van der Waals surface area contributed by atoms with Crippen LogP contribution in [0.2, 0.25) is 0 Å². The first-order valence-electron chi connectivity index (χ1n) is 9.89. The molecule has 29 heavy (non-hydrogen) atoms. The highest BCUT2D eigenvalue weighted by molar-refractivity contribution is 5.78. The highest BCUT2D eigenvalue weighted by Gasteiger charge is 2.22. The Hall–Kier alpha value is -3.35. The second-order valence-corrected chi connectivity index (χ2v) is 7.50. The predicted octanol–water partition coefficient (Wildman–Crippen LogP) is 3.45. The SMILES string of the molecule is Cc1ccnc(Nc2ncnc(N3CCN(c4cccc(C)c4C)CC3)c2N)c1. The van der Waals surface area contributed by atoms with E-state index >= 15 is 0 Å². The highest BCUT2D eigenvalue weighted by Crippen LogP contribution is 2.30. The van der Waals surface area contributed by atoms with E-state index in [1.807, 2.05) is 19.1 Å². The summed E-state index contributed by atoms with van der Waals surface area (Å²) in [4.78, 5) is 17.8. The van der Waals surface area contributed by atoms with Crippen molar-refractivity contribution in [2.24, 2.45) is 0 Å². The minimum Gasteiger partial charge on any atom is -0.393 e. The minimum atomic E-state index is 0.552. The van der Waals surface area contributed by atoms with Crippen LogP contribution in [0.3, 0.4) is 0 Å². The van der Waals surface area contributed by atoms with Gasteiger partial charge in [-0.05, 0) is 55.7 Å². The monoisotopic (exact) mass is 389 g/mol. The predicted molar refractivity (Wildman–Crippen MR) is 119 cm³/mol. The average Bonchev–Trinajstić information content (AvgIpc) is 2.72. The lowest BCUT2D eigenvalue weighted by atomic mass is 10.1. The lowest BCUT2D eigenvalue weighted by Crippen LogP contribution is -2.47. The molecule has 7 nitrogen and oxygen atoms in total. The zero-order chi connectivity index (χ0) is 20.4. The van der Waals surface area contributed by atoms with Crippen molar-refractivity contribution < 1.29 is 0 Å². The zero-order valence-electron chi connectivity index (χ0n) is 17.2. The molecule has 0 saturated carbocycles. The van der Waals surface area contributed by atoms with Gasteiger partial charge in [0, 0.05) is 38.1 Å². The Morgan fingerprint density at radius 2 is 1.69 bits per heavy atom. The molecule has 0 spiro atoms. The van der Waals surface area contributed by atoms with Crippen LogP contribution in [0.5, 0.6) is 0 Å². The number of benzene rings is 1. The summed E-state index contributed by atoms with van der Waals surface area (Å²) in [6, 6.07) is 10.4. The molecule has 1 aliphatic heterocycles. The summed E-state index contributed by atoms with van der Waals surface area (Å²) in [5.74, 6) is 2.09. The lowest BCUT2D eigenvalue weighted by molar-refractivity contribution is 0.646. The van der Waals surface area contributed by atoms with E-state index in [9.17, 15) is 0 Å². The molecule has 1 saturated heterocycles. The number of hydrogen-bond acceptors (Lipinski definition) is 7. The van der Waals surface area contributed by atoms with Gasteiger partial charge in [0.05, 0.1) is 0 Å². The number of aryl methyl sites for hydroxylation is 2. The Balaban J connectivity index is 1.49. The molecule has 3 N–H and O–H groups in total. The first-order chi connectivity index (χ1) is 14.0. The molecule has 0 unspecified atom stereocenters. The molecule has 2 aromatic heterocycles. The topological polar surface area (TPSA) is 83.2 Å². The summed E-state index contributed by atoms with van der Waals surface area (Å²) in [6.07, 6.45) is 3.32. The van der Waals surface area contributed by atoms with Crippen LogP contribution in [-0.2, 0) is 0 Å². The fourth-order valence-corrected chi connectivity index (χ4v) is 3.70. The number of rotatable bonds is 4. The molecule has 7 heteroatoms. The van der Waals surface area contributed by atoms with Crippen LogP contribution >= 0.6 is 0 Å². The van der Waals surface area contributed by atoms with Gasteiger partial charge in [-0.3, -0.25) is 0 Å². The number of piperazine rings is 1. The number of nitrogen functional groups attached to an aromatic ring is 1. The van der Waals surface area contributed by atoms with Crippen molar-refractivity contribution in [3.05, 3.63) is 59.5 Å². The summed E-state index contributed by atoms with van der Waals surface area (Å²) < 4.78 is 0. The van der Waals surface area contributed by atoms with Crippen molar-refractivity contribution in [3.8, 4) is 0 Å². The number of nitrogens with two attached hydrogens (primary N) is 1. The lowest BCUT2D eigenvalue weighted by Gasteiger charge is -2.38. The largest absolute Gasteiger partial charge is 0.393 e. The minimum absolute atomic E-state index is 0.552. The van der Waals surface area contributed by atoms with Gasteiger partial charge in [0.1, 0.15) is 17.8 Å². The number of nitrogens with one attached hydrogen (secondary N) is 1. The summed E-state index contributed by atoms with van der Waals surface area (Å²) in [7, 11) is 0. The number of nitrogens with zero attached hydrogens (tertiary/aromatic N) is 5. The summed E-state index contributed by atoms with van der Waals surface area (Å²) in [6.45, 7) is 9.95. The Labute approximate surface area is 171 Å². The maximum absolute atomic E-state index is 6.42. The molecular weight excluding hydrogens is 362 g/mol. The van der Waals surface area contributed by atoms with Crippen LogP contribution in [0, 0.1) is 20.8 Å². The van der Waals surface area contributed by atoms with E-state index in [0.717, 1.165) is 43.4 Å². The van der Waals surface area contributed by atoms with E-state index in [-0.39, 0.29) is 0 Å². The smallest absolute Gasteiger partial charge is 0.160 e. The van der Waals surface area contributed by atoms with E-state index in [0.29, 0.717) is 11.5 Å². The Bertz CT molecular complexity index is 1010. The molecule has 3 aromatic rings. The molecule has 1 aliphatic rings. The molecule has 0 amide bonds. The van der Waals surface area contributed by atoms with Crippen molar-refractivity contribution in [1.29, 1.82) is 0 Å². The maximum atomic E-state index is 6.42. The molecule has 150 valence electrons. The highest BCUT2D eigenvalue weighted by atomic mass is 15.3. The maximum Gasteiger partial charge on any atom is 0.160 e. The van der Waals surface area contributed by atoms with Gasteiger partial charge in [-0.25, -0.2) is 15.0 Å². The van der Waals surface area contributed by atoms with Crippen LogP contribution < -0.4 is 20.9 Å². The first-order valence-corrected chi connectivity index (χ1v) is 9.89. The fraction of sp³-hybridized carbons (Fsp3) is 0.318. The molecule has 1 fully saturated rings.